The Labute approximate surface area is 93.1 Å². The molecule has 5 nitrogen and oxygen atoms in total. The summed E-state index contributed by atoms with van der Waals surface area (Å²) in [5.74, 6) is -0.528. The zero-order valence-electron chi connectivity index (χ0n) is 8.90. The summed E-state index contributed by atoms with van der Waals surface area (Å²) in [7, 11) is 0. The molecular weight excluding hydrogens is 214 g/mol. The van der Waals surface area contributed by atoms with E-state index in [2.05, 4.69) is 4.99 Å². The van der Waals surface area contributed by atoms with Gasteiger partial charge in [0, 0.05) is 19.5 Å². The molecule has 2 N–H and O–H groups in total. The van der Waals surface area contributed by atoms with E-state index in [9.17, 15) is 9.59 Å². The average Bonchev–Trinajstić information content (AvgIpc) is 2.17. The molecule has 2 amide bonds. The second-order valence-electron chi connectivity index (χ2n) is 3.11. The maximum Gasteiger partial charge on any atom is 0.231 e. The first-order chi connectivity index (χ1) is 7.10. The van der Waals surface area contributed by atoms with Gasteiger partial charge in [0.1, 0.15) is 0 Å². The smallest absolute Gasteiger partial charge is 0.231 e. The molecule has 6 heteroatoms. The number of amidine groups is 1. The van der Waals surface area contributed by atoms with E-state index in [1.165, 1.54) is 11.8 Å². The number of nitrogens with two attached hydrogens (primary N) is 1. The summed E-state index contributed by atoms with van der Waals surface area (Å²) in [4.78, 5) is 28.5. The van der Waals surface area contributed by atoms with Crippen molar-refractivity contribution in [2.45, 2.75) is 25.5 Å². The van der Waals surface area contributed by atoms with Gasteiger partial charge in [0.15, 0.2) is 5.17 Å². The summed E-state index contributed by atoms with van der Waals surface area (Å²) in [5, 5.41) is 0.144. The van der Waals surface area contributed by atoms with Gasteiger partial charge < -0.3 is 5.73 Å². The first-order valence-electron chi connectivity index (χ1n) is 4.90. The molecule has 0 spiro atoms. The number of carbonyl (C=O) groups excluding carboxylic acids is 2. The lowest BCUT2D eigenvalue weighted by molar-refractivity contribution is -0.129. The van der Waals surface area contributed by atoms with Crippen molar-refractivity contribution in [1.82, 2.24) is 4.90 Å². The summed E-state index contributed by atoms with van der Waals surface area (Å²) in [6.45, 7) is 4.95. The number of carbonyl (C=O) groups is 2. The van der Waals surface area contributed by atoms with Gasteiger partial charge in [0.2, 0.25) is 11.8 Å². The molecule has 0 saturated carbocycles. The molecule has 1 aliphatic heterocycles. The number of rotatable bonds is 3. The van der Waals surface area contributed by atoms with Gasteiger partial charge in [-0.1, -0.05) is 11.8 Å². The Morgan fingerprint density at radius 3 is 2.80 bits per heavy atom. The maximum absolute atomic E-state index is 11.6. The molecule has 1 heterocycles. The minimum atomic E-state index is -0.467. The number of hydrogen-bond acceptors (Lipinski definition) is 4. The van der Waals surface area contributed by atoms with Crippen LogP contribution in [-0.4, -0.2) is 40.2 Å². The largest absolute Gasteiger partial charge is 0.369 e. The van der Waals surface area contributed by atoms with Gasteiger partial charge in [0.05, 0.1) is 5.25 Å². The van der Waals surface area contributed by atoms with Gasteiger partial charge in [-0.2, -0.15) is 0 Å². The van der Waals surface area contributed by atoms with Gasteiger partial charge in [-0.05, 0) is 13.8 Å². The Bertz CT molecular complexity index is 304. The van der Waals surface area contributed by atoms with E-state index in [1.807, 2.05) is 13.8 Å². The SMILES string of the molecule is CCN=C1S[C@H](C(N)=O)CC(=O)N1CC. The van der Waals surface area contributed by atoms with Crippen LogP contribution in [0.5, 0.6) is 0 Å². The van der Waals surface area contributed by atoms with Crippen LogP contribution in [0.1, 0.15) is 20.3 Å². The molecule has 0 radical (unpaired) electrons. The Hall–Kier alpha value is -1.04. The van der Waals surface area contributed by atoms with Crippen LogP contribution in [0, 0.1) is 0 Å². The third kappa shape index (κ3) is 2.71. The third-order valence-electron chi connectivity index (χ3n) is 2.07. The molecular formula is C9H15N3O2S. The van der Waals surface area contributed by atoms with Crippen LogP contribution in [-0.2, 0) is 9.59 Å². The highest BCUT2D eigenvalue weighted by Crippen LogP contribution is 2.25. The molecule has 15 heavy (non-hydrogen) atoms. The van der Waals surface area contributed by atoms with Crippen molar-refractivity contribution >= 4 is 28.7 Å². The fourth-order valence-electron chi connectivity index (χ4n) is 1.34. The first kappa shape index (κ1) is 12.0. The van der Waals surface area contributed by atoms with Crippen LogP contribution in [0.15, 0.2) is 4.99 Å². The maximum atomic E-state index is 11.6. The quantitative estimate of drug-likeness (QED) is 0.751. The van der Waals surface area contributed by atoms with Gasteiger partial charge in [-0.25, -0.2) is 0 Å². The van der Waals surface area contributed by atoms with Crippen LogP contribution >= 0.6 is 11.8 Å². The van der Waals surface area contributed by atoms with E-state index in [-0.39, 0.29) is 12.3 Å². The van der Waals surface area contributed by atoms with E-state index in [0.29, 0.717) is 18.3 Å². The van der Waals surface area contributed by atoms with Crippen LogP contribution in [0.4, 0.5) is 0 Å². The first-order valence-corrected chi connectivity index (χ1v) is 5.78. The lowest BCUT2D eigenvalue weighted by atomic mass is 10.2. The number of thioether (sulfide) groups is 1. The topological polar surface area (TPSA) is 75.8 Å². The summed E-state index contributed by atoms with van der Waals surface area (Å²) in [6.07, 6.45) is 0.177. The third-order valence-corrected chi connectivity index (χ3v) is 3.31. The van der Waals surface area contributed by atoms with Crippen molar-refractivity contribution in [2.24, 2.45) is 10.7 Å². The molecule has 0 aromatic rings. The number of nitrogens with zero attached hydrogens (tertiary/aromatic N) is 2. The molecule has 0 aromatic carbocycles. The van der Waals surface area contributed by atoms with Gasteiger partial charge in [-0.3, -0.25) is 19.5 Å². The number of hydrogen-bond donors (Lipinski definition) is 1. The van der Waals surface area contributed by atoms with Gasteiger partial charge in [-0.15, -0.1) is 0 Å². The summed E-state index contributed by atoms with van der Waals surface area (Å²) >= 11 is 1.28. The number of primary amides is 1. The Morgan fingerprint density at radius 2 is 2.33 bits per heavy atom. The Morgan fingerprint density at radius 1 is 1.67 bits per heavy atom. The lowest BCUT2D eigenvalue weighted by Crippen LogP contribution is -2.45. The summed E-state index contributed by atoms with van der Waals surface area (Å²) in [5.41, 5.74) is 5.19. The molecule has 1 aliphatic rings. The standard InChI is InChI=1S/C9H15N3O2S/c1-3-11-9-12(4-2)7(13)5-6(15-9)8(10)14/h6H,3-5H2,1-2H3,(H2,10,14)/t6-/m0/s1. The molecule has 1 fully saturated rings. The van der Waals surface area contributed by atoms with E-state index in [1.54, 1.807) is 4.90 Å². The van der Waals surface area contributed by atoms with Crippen molar-refractivity contribution in [2.75, 3.05) is 13.1 Å². The Kier molecular flexibility index (Phi) is 4.14. The molecule has 1 atom stereocenters. The highest BCUT2D eigenvalue weighted by Gasteiger charge is 2.33. The van der Waals surface area contributed by atoms with Crippen molar-refractivity contribution in [3.05, 3.63) is 0 Å². The van der Waals surface area contributed by atoms with Crippen LogP contribution in [0.2, 0.25) is 0 Å². The zero-order chi connectivity index (χ0) is 11.4. The Balaban J connectivity index is 2.86. The van der Waals surface area contributed by atoms with Crippen molar-refractivity contribution in [1.29, 1.82) is 0 Å². The highest BCUT2D eigenvalue weighted by atomic mass is 32.2. The van der Waals surface area contributed by atoms with E-state index < -0.39 is 11.2 Å². The fraction of sp³-hybridized carbons (Fsp3) is 0.667. The predicted octanol–water partition coefficient (Wildman–Crippen LogP) is 0.202. The van der Waals surface area contributed by atoms with Gasteiger partial charge >= 0.3 is 0 Å². The zero-order valence-corrected chi connectivity index (χ0v) is 9.71. The number of aliphatic imine (C=N–C) groups is 1. The summed E-state index contributed by atoms with van der Waals surface area (Å²) in [6, 6.07) is 0. The minimum absolute atomic E-state index is 0.0766. The molecule has 0 aliphatic carbocycles. The minimum Gasteiger partial charge on any atom is -0.369 e. The molecule has 0 unspecified atom stereocenters. The number of amides is 2. The normalized spacial score (nSPS) is 24.7. The fourth-order valence-corrected chi connectivity index (χ4v) is 2.49. The van der Waals surface area contributed by atoms with Crippen molar-refractivity contribution in [3.63, 3.8) is 0 Å². The molecule has 84 valence electrons. The van der Waals surface area contributed by atoms with Crippen molar-refractivity contribution < 1.29 is 9.59 Å². The van der Waals surface area contributed by atoms with E-state index in [4.69, 9.17) is 5.73 Å². The summed E-state index contributed by atoms with van der Waals surface area (Å²) < 4.78 is 0. The van der Waals surface area contributed by atoms with Gasteiger partial charge in [0.25, 0.3) is 0 Å². The predicted molar refractivity (Wildman–Crippen MR) is 60.6 cm³/mol. The van der Waals surface area contributed by atoms with Crippen LogP contribution in [0.25, 0.3) is 0 Å². The van der Waals surface area contributed by atoms with Crippen molar-refractivity contribution in [3.8, 4) is 0 Å². The lowest BCUT2D eigenvalue weighted by Gasteiger charge is -2.30. The molecule has 0 bridgehead atoms. The van der Waals surface area contributed by atoms with Crippen LogP contribution in [0.3, 0.4) is 0 Å². The second-order valence-corrected chi connectivity index (χ2v) is 4.28. The molecule has 0 aromatic heterocycles. The van der Waals surface area contributed by atoms with E-state index in [0.717, 1.165) is 0 Å². The van der Waals surface area contributed by atoms with E-state index >= 15 is 0 Å². The highest BCUT2D eigenvalue weighted by molar-refractivity contribution is 8.15. The monoisotopic (exact) mass is 229 g/mol. The second kappa shape index (κ2) is 5.16. The van der Waals surface area contributed by atoms with Crippen LogP contribution < -0.4 is 5.73 Å². The average molecular weight is 229 g/mol. The molecule has 1 saturated heterocycles. The molecule has 1 rings (SSSR count).